The number of hydrogen-bond acceptors (Lipinski definition) is 6. The summed E-state index contributed by atoms with van der Waals surface area (Å²) < 4.78 is 0. The van der Waals surface area contributed by atoms with Crippen LogP contribution >= 0.6 is 11.3 Å². The Labute approximate surface area is 195 Å². The van der Waals surface area contributed by atoms with Crippen LogP contribution in [0.3, 0.4) is 0 Å². The average Bonchev–Trinajstić information content (AvgIpc) is 3.32. The minimum Gasteiger partial charge on any atom is -0.383 e. The van der Waals surface area contributed by atoms with E-state index < -0.39 is 0 Å². The van der Waals surface area contributed by atoms with Crippen LogP contribution in [0, 0.1) is 0 Å². The van der Waals surface area contributed by atoms with Crippen LogP contribution in [0.5, 0.6) is 0 Å². The maximum atomic E-state index is 12.7. The molecule has 6 nitrogen and oxygen atoms in total. The monoisotopic (exact) mass is 451 g/mol. The van der Waals surface area contributed by atoms with Gasteiger partial charge in [0.05, 0.1) is 11.3 Å². The molecule has 1 amide bonds. The number of nitrogens with two attached hydrogens (primary N) is 1. The van der Waals surface area contributed by atoms with Gasteiger partial charge in [0.25, 0.3) is 5.91 Å². The number of fused-ring (bicyclic) bond motifs is 1. The summed E-state index contributed by atoms with van der Waals surface area (Å²) in [6.45, 7) is 0.410. The van der Waals surface area contributed by atoms with E-state index in [1.807, 2.05) is 48.5 Å². The molecule has 162 valence electrons. The minimum atomic E-state index is -0.165. The van der Waals surface area contributed by atoms with Crippen LogP contribution in [0.2, 0.25) is 0 Å². The molecule has 0 spiro atoms. The number of rotatable bonds is 6. The average molecular weight is 452 g/mol. The fourth-order valence-corrected chi connectivity index (χ4v) is 4.49. The summed E-state index contributed by atoms with van der Waals surface area (Å²) >= 11 is 1.62. The van der Waals surface area contributed by atoms with Crippen LogP contribution in [-0.4, -0.2) is 20.9 Å². The third-order valence-corrected chi connectivity index (χ3v) is 6.27. The lowest BCUT2D eigenvalue weighted by atomic mass is 10.1. The number of carbonyl (C=O) groups is 1. The van der Waals surface area contributed by atoms with Crippen molar-refractivity contribution in [1.82, 2.24) is 20.3 Å². The summed E-state index contributed by atoms with van der Waals surface area (Å²) in [4.78, 5) is 25.8. The highest BCUT2D eigenvalue weighted by molar-refractivity contribution is 7.13. The Balaban J connectivity index is 1.25. The molecule has 2 aromatic carbocycles. The summed E-state index contributed by atoms with van der Waals surface area (Å²) in [5, 5.41) is 7.91. The molecule has 0 saturated heterocycles. The topological polar surface area (TPSA) is 93.8 Å². The van der Waals surface area contributed by atoms with Gasteiger partial charge >= 0.3 is 0 Å². The van der Waals surface area contributed by atoms with E-state index in [2.05, 4.69) is 32.8 Å². The van der Waals surface area contributed by atoms with Gasteiger partial charge in [-0.2, -0.15) is 0 Å². The van der Waals surface area contributed by atoms with Crippen LogP contribution in [0.4, 0.5) is 5.82 Å². The lowest BCUT2D eigenvalue weighted by Gasteiger charge is -2.08. The van der Waals surface area contributed by atoms with E-state index in [1.165, 1.54) is 0 Å². The summed E-state index contributed by atoms with van der Waals surface area (Å²) in [6, 6.07) is 19.8. The summed E-state index contributed by atoms with van der Waals surface area (Å²) in [5.74, 6) is 0.337. The maximum Gasteiger partial charge on any atom is 0.253 e. The number of thiazole rings is 1. The van der Waals surface area contributed by atoms with Gasteiger partial charge in [0.2, 0.25) is 0 Å². The molecular weight excluding hydrogens is 430 g/mol. The highest BCUT2D eigenvalue weighted by Gasteiger charge is 2.10. The number of benzene rings is 2. The largest absolute Gasteiger partial charge is 0.383 e. The third kappa shape index (κ3) is 4.73. The van der Waals surface area contributed by atoms with Crippen molar-refractivity contribution in [3.8, 4) is 10.6 Å². The van der Waals surface area contributed by atoms with Gasteiger partial charge in [0.15, 0.2) is 0 Å². The Bertz CT molecular complexity index is 1430. The van der Waals surface area contributed by atoms with Crippen molar-refractivity contribution in [1.29, 1.82) is 0 Å². The van der Waals surface area contributed by atoms with Gasteiger partial charge in [-0.15, -0.1) is 11.3 Å². The zero-order valence-corrected chi connectivity index (χ0v) is 18.5. The van der Waals surface area contributed by atoms with Crippen molar-refractivity contribution < 1.29 is 4.79 Å². The van der Waals surface area contributed by atoms with Gasteiger partial charge in [0, 0.05) is 47.9 Å². The smallest absolute Gasteiger partial charge is 0.253 e. The van der Waals surface area contributed by atoms with Crippen LogP contribution in [0.1, 0.15) is 27.2 Å². The molecule has 3 heterocycles. The van der Waals surface area contributed by atoms with Gasteiger partial charge in [-0.25, -0.2) is 9.97 Å². The number of amides is 1. The number of aromatic nitrogens is 3. The number of pyridine rings is 2. The van der Waals surface area contributed by atoms with E-state index in [9.17, 15) is 4.79 Å². The summed E-state index contributed by atoms with van der Waals surface area (Å²) in [7, 11) is 0. The lowest BCUT2D eigenvalue weighted by molar-refractivity contribution is 0.0950. The third-order valence-electron chi connectivity index (χ3n) is 5.33. The SMILES string of the molecule is Nc1nccc2cc(CNC(=O)c3cncc(Cc4csc(-c5ccccc5)n4)c3)ccc12. The first-order valence-corrected chi connectivity index (χ1v) is 11.4. The molecule has 3 aromatic heterocycles. The van der Waals surface area contributed by atoms with Crippen LogP contribution in [-0.2, 0) is 13.0 Å². The highest BCUT2D eigenvalue weighted by atomic mass is 32.1. The standard InChI is InChI=1S/C26H21N5OS/c27-24-23-7-6-17(10-20(23)8-9-29-24)14-30-25(32)21-11-18(13-28-15-21)12-22-16-33-26(31-22)19-4-2-1-3-5-19/h1-11,13,15-16H,12,14H2,(H2,27,29)(H,30,32). The number of nitrogens with one attached hydrogen (secondary N) is 1. The van der Waals surface area contributed by atoms with Crippen LogP contribution in [0.25, 0.3) is 21.3 Å². The second-order valence-electron chi connectivity index (χ2n) is 7.70. The molecular formula is C26H21N5OS. The fraction of sp³-hybridized carbons (Fsp3) is 0.0769. The van der Waals surface area contributed by atoms with E-state index in [-0.39, 0.29) is 5.91 Å². The number of hydrogen-bond donors (Lipinski definition) is 2. The number of carbonyl (C=O) groups excluding carboxylic acids is 1. The van der Waals surface area contributed by atoms with Crippen molar-refractivity contribution >= 4 is 33.8 Å². The normalized spacial score (nSPS) is 10.9. The quantitative estimate of drug-likeness (QED) is 0.385. The van der Waals surface area contributed by atoms with Crippen molar-refractivity contribution in [3.63, 3.8) is 0 Å². The molecule has 0 aliphatic rings. The van der Waals surface area contributed by atoms with Crippen molar-refractivity contribution in [2.45, 2.75) is 13.0 Å². The van der Waals surface area contributed by atoms with Gasteiger partial charge in [-0.3, -0.25) is 9.78 Å². The summed E-state index contributed by atoms with van der Waals surface area (Å²) in [6.07, 6.45) is 5.67. The van der Waals surface area contributed by atoms with Gasteiger partial charge in [-0.1, -0.05) is 42.5 Å². The Hall–Kier alpha value is -4.10. The zero-order valence-electron chi connectivity index (χ0n) is 17.7. The molecule has 0 atom stereocenters. The first kappa shape index (κ1) is 20.8. The number of anilines is 1. The van der Waals surface area contributed by atoms with E-state index in [4.69, 9.17) is 10.7 Å². The zero-order chi connectivity index (χ0) is 22.6. The van der Waals surface area contributed by atoms with Crippen molar-refractivity contribution in [2.75, 3.05) is 5.73 Å². The molecule has 0 radical (unpaired) electrons. The highest BCUT2D eigenvalue weighted by Crippen LogP contribution is 2.24. The molecule has 0 saturated carbocycles. The van der Waals surface area contributed by atoms with Crippen molar-refractivity contribution in [2.24, 2.45) is 0 Å². The molecule has 3 N–H and O–H groups in total. The summed E-state index contributed by atoms with van der Waals surface area (Å²) in [5.41, 5.74) is 10.4. The van der Waals surface area contributed by atoms with Crippen molar-refractivity contribution in [3.05, 3.63) is 107 Å². The first-order chi connectivity index (χ1) is 16.2. The Morgan fingerprint density at radius 1 is 1.00 bits per heavy atom. The fourth-order valence-electron chi connectivity index (χ4n) is 3.66. The van der Waals surface area contributed by atoms with Gasteiger partial charge in [-0.05, 0) is 34.7 Å². The number of nitrogens with zero attached hydrogens (tertiary/aromatic N) is 3. The second kappa shape index (κ2) is 9.18. The van der Waals surface area contributed by atoms with Gasteiger partial charge < -0.3 is 11.1 Å². The molecule has 5 rings (SSSR count). The number of nitrogen functional groups attached to an aromatic ring is 1. The van der Waals surface area contributed by atoms with E-state index in [0.717, 1.165) is 38.2 Å². The molecule has 0 aliphatic heterocycles. The minimum absolute atomic E-state index is 0.165. The Kier molecular flexibility index (Phi) is 5.78. The Morgan fingerprint density at radius 3 is 2.76 bits per heavy atom. The van der Waals surface area contributed by atoms with E-state index >= 15 is 0 Å². The predicted molar refractivity (Wildman–Crippen MR) is 132 cm³/mol. The Morgan fingerprint density at radius 2 is 1.88 bits per heavy atom. The molecule has 7 heteroatoms. The molecule has 0 bridgehead atoms. The van der Waals surface area contributed by atoms with E-state index in [1.54, 1.807) is 29.9 Å². The van der Waals surface area contributed by atoms with Crippen LogP contribution in [0.15, 0.2) is 84.6 Å². The lowest BCUT2D eigenvalue weighted by Crippen LogP contribution is -2.23. The molecule has 0 fully saturated rings. The molecule has 0 aliphatic carbocycles. The molecule has 5 aromatic rings. The second-order valence-corrected chi connectivity index (χ2v) is 8.56. The molecule has 0 unspecified atom stereocenters. The molecule has 33 heavy (non-hydrogen) atoms. The van der Waals surface area contributed by atoms with E-state index in [0.29, 0.717) is 24.3 Å². The first-order valence-electron chi connectivity index (χ1n) is 10.5. The van der Waals surface area contributed by atoms with Crippen LogP contribution < -0.4 is 11.1 Å². The van der Waals surface area contributed by atoms with Gasteiger partial charge in [0.1, 0.15) is 10.8 Å². The maximum absolute atomic E-state index is 12.7. The predicted octanol–water partition coefficient (Wildman–Crippen LogP) is 4.86.